The van der Waals surface area contributed by atoms with Crippen molar-refractivity contribution in [3.63, 3.8) is 0 Å². The lowest BCUT2D eigenvalue weighted by molar-refractivity contribution is 0.629. The summed E-state index contributed by atoms with van der Waals surface area (Å²) in [5, 5.41) is 13.4. The largest absolute Gasteiger partial charge is 0.342 e. The lowest BCUT2D eigenvalue weighted by Gasteiger charge is -2.07. The maximum Gasteiger partial charge on any atom is 0.149 e. The lowest BCUT2D eigenvalue weighted by atomic mass is 10.1. The Morgan fingerprint density at radius 2 is 1.79 bits per heavy atom. The summed E-state index contributed by atoms with van der Waals surface area (Å²) in [5.74, 6) is 0.0800. The summed E-state index contributed by atoms with van der Waals surface area (Å²) in [5.41, 5.74) is 4.80. The molecule has 0 aliphatic carbocycles. The molecule has 4 nitrogen and oxygen atoms in total. The number of halogens is 1. The molecule has 0 amide bonds. The average Bonchev–Trinajstić information content (AvgIpc) is 3.43. The third kappa shape index (κ3) is 3.52. The topological polar surface area (TPSA) is 57.4 Å². The van der Waals surface area contributed by atoms with Crippen LogP contribution in [0.2, 0.25) is 0 Å². The molecule has 0 saturated heterocycles. The molecule has 0 fully saturated rings. The van der Waals surface area contributed by atoms with Gasteiger partial charge in [0, 0.05) is 29.2 Å². The van der Waals surface area contributed by atoms with Crippen LogP contribution in [0.25, 0.3) is 44.4 Å². The van der Waals surface area contributed by atoms with Crippen LogP contribution in [0, 0.1) is 17.1 Å². The highest BCUT2D eigenvalue weighted by atomic mass is 19.1. The number of imidazole rings is 1. The maximum atomic E-state index is 13.6. The molecule has 0 aliphatic heterocycles. The first-order valence-electron chi connectivity index (χ1n) is 11.0. The van der Waals surface area contributed by atoms with Gasteiger partial charge >= 0.3 is 0 Å². The molecule has 162 valence electrons. The van der Waals surface area contributed by atoms with E-state index in [4.69, 9.17) is 0 Å². The van der Waals surface area contributed by atoms with Crippen molar-refractivity contribution in [2.24, 2.45) is 0 Å². The van der Waals surface area contributed by atoms with E-state index in [1.165, 1.54) is 28.5 Å². The molecule has 2 aromatic heterocycles. The lowest BCUT2D eigenvalue weighted by Crippen LogP contribution is -1.97. The van der Waals surface area contributed by atoms with E-state index in [0.29, 0.717) is 29.0 Å². The number of rotatable bonds is 4. The van der Waals surface area contributed by atoms with Gasteiger partial charge in [-0.15, -0.1) is 0 Å². The number of H-pyrrole nitrogens is 1. The summed E-state index contributed by atoms with van der Waals surface area (Å²) in [7, 11) is 0. The highest BCUT2D eigenvalue weighted by molar-refractivity contribution is 5.98. The molecule has 0 bridgehead atoms. The number of fused-ring (bicyclic) bond motifs is 3. The Morgan fingerprint density at radius 3 is 2.68 bits per heavy atom. The summed E-state index contributed by atoms with van der Waals surface area (Å²) in [6.45, 7) is 0.713. The van der Waals surface area contributed by atoms with Gasteiger partial charge in [-0.2, -0.15) is 5.26 Å². The van der Waals surface area contributed by atoms with Crippen molar-refractivity contribution in [3.05, 3.63) is 114 Å². The maximum absolute atomic E-state index is 13.6. The summed E-state index contributed by atoms with van der Waals surface area (Å²) in [4.78, 5) is 7.56. The summed E-state index contributed by atoms with van der Waals surface area (Å²) >= 11 is 0. The van der Waals surface area contributed by atoms with Crippen molar-refractivity contribution in [3.8, 4) is 6.07 Å². The minimum Gasteiger partial charge on any atom is -0.342 e. The molecule has 6 aromatic rings. The number of hydrogen-bond acceptors (Lipinski definition) is 2. The second kappa shape index (κ2) is 8.02. The van der Waals surface area contributed by atoms with Crippen LogP contribution in [0.4, 0.5) is 4.39 Å². The fraction of sp³-hybridized carbons (Fsp3) is 0.0345. The van der Waals surface area contributed by atoms with Crippen LogP contribution >= 0.6 is 0 Å². The number of nitrogens with zero attached hydrogens (tertiary/aromatic N) is 3. The fourth-order valence-electron chi connectivity index (χ4n) is 4.47. The highest BCUT2D eigenvalue weighted by Gasteiger charge is 2.12. The normalized spacial score (nSPS) is 11.9. The van der Waals surface area contributed by atoms with E-state index in [2.05, 4.69) is 75.3 Å². The molecule has 1 N–H and O–H groups in total. The highest BCUT2D eigenvalue weighted by Crippen LogP contribution is 2.27. The first-order valence-corrected chi connectivity index (χ1v) is 11.0. The number of nitriles is 1. The van der Waals surface area contributed by atoms with E-state index >= 15 is 0 Å². The number of para-hydroxylation sites is 1. The summed E-state index contributed by atoms with van der Waals surface area (Å²) < 4.78 is 15.8. The molecule has 0 saturated carbocycles. The Labute approximate surface area is 195 Å². The fourth-order valence-corrected chi connectivity index (χ4v) is 4.47. The van der Waals surface area contributed by atoms with Crippen LogP contribution in [0.5, 0.6) is 0 Å². The van der Waals surface area contributed by atoms with E-state index in [1.807, 2.05) is 24.3 Å². The van der Waals surface area contributed by atoms with Gasteiger partial charge < -0.3 is 9.55 Å². The molecule has 2 heterocycles. The summed E-state index contributed by atoms with van der Waals surface area (Å²) in [6.07, 6.45) is 3.91. The first-order chi connectivity index (χ1) is 16.7. The second-order valence-corrected chi connectivity index (χ2v) is 8.33. The molecule has 5 heteroatoms. The van der Waals surface area contributed by atoms with Gasteiger partial charge in [0.15, 0.2) is 0 Å². The molecule has 34 heavy (non-hydrogen) atoms. The predicted molar refractivity (Wildman–Crippen MR) is 135 cm³/mol. The van der Waals surface area contributed by atoms with Crippen molar-refractivity contribution < 1.29 is 4.39 Å². The van der Waals surface area contributed by atoms with Crippen LogP contribution in [0.15, 0.2) is 91.1 Å². The zero-order chi connectivity index (χ0) is 23.1. The van der Waals surface area contributed by atoms with Crippen LogP contribution in [0.3, 0.4) is 0 Å². The standard InChI is InChI=1S/C29H19FN4/c30-24-11-12-26-27(15-24)33-29(32-26)22(16-31)14-23-18-34(28-8-4-3-7-25(23)28)17-19-9-10-20-5-1-2-6-21(20)13-19/h1-15,18H,17H2,(H,32,33)/b22-14-. The van der Waals surface area contributed by atoms with Gasteiger partial charge in [-0.1, -0.05) is 54.6 Å². The Kier molecular flexibility index (Phi) is 4.71. The van der Waals surface area contributed by atoms with Crippen LogP contribution in [-0.4, -0.2) is 14.5 Å². The summed E-state index contributed by atoms with van der Waals surface area (Å²) in [6, 6.07) is 29.6. The van der Waals surface area contributed by atoms with Gasteiger partial charge in [0.1, 0.15) is 17.7 Å². The number of nitrogens with one attached hydrogen (secondary N) is 1. The van der Waals surface area contributed by atoms with Gasteiger partial charge in [0.2, 0.25) is 0 Å². The number of hydrogen-bond donors (Lipinski definition) is 1. The molecule has 0 atom stereocenters. The zero-order valence-electron chi connectivity index (χ0n) is 18.2. The zero-order valence-corrected chi connectivity index (χ0v) is 18.2. The molecule has 0 aliphatic rings. The molecule has 0 unspecified atom stereocenters. The number of benzene rings is 4. The van der Waals surface area contributed by atoms with E-state index in [9.17, 15) is 9.65 Å². The van der Waals surface area contributed by atoms with E-state index in [0.717, 1.165) is 16.5 Å². The van der Waals surface area contributed by atoms with Gasteiger partial charge in [0.25, 0.3) is 0 Å². The van der Waals surface area contributed by atoms with Gasteiger partial charge in [-0.3, -0.25) is 0 Å². The molecule has 4 aromatic carbocycles. The Morgan fingerprint density at radius 1 is 0.971 bits per heavy atom. The monoisotopic (exact) mass is 442 g/mol. The van der Waals surface area contributed by atoms with E-state index in [1.54, 1.807) is 6.07 Å². The minimum atomic E-state index is -0.345. The van der Waals surface area contributed by atoms with Crippen LogP contribution in [0.1, 0.15) is 17.0 Å². The quantitative estimate of drug-likeness (QED) is 0.301. The molecular formula is C29H19FN4. The SMILES string of the molecule is N#C/C(=C/c1cn(Cc2ccc3ccccc3c2)c2ccccc12)c1nc2ccc(F)cc2[nH]1. The smallest absolute Gasteiger partial charge is 0.149 e. The molecule has 0 radical (unpaired) electrons. The van der Waals surface area contributed by atoms with Gasteiger partial charge in [-0.25, -0.2) is 9.37 Å². The van der Waals surface area contributed by atoms with E-state index < -0.39 is 0 Å². The van der Waals surface area contributed by atoms with Crippen molar-refractivity contribution in [2.45, 2.75) is 6.54 Å². The molecular weight excluding hydrogens is 423 g/mol. The number of allylic oxidation sites excluding steroid dienone is 1. The third-order valence-electron chi connectivity index (χ3n) is 6.11. The van der Waals surface area contributed by atoms with Crippen molar-refractivity contribution in [1.29, 1.82) is 5.26 Å². The van der Waals surface area contributed by atoms with Crippen LogP contribution < -0.4 is 0 Å². The minimum absolute atomic E-state index is 0.345. The molecule has 6 rings (SSSR count). The van der Waals surface area contributed by atoms with Crippen molar-refractivity contribution >= 4 is 44.4 Å². The van der Waals surface area contributed by atoms with E-state index in [-0.39, 0.29) is 5.82 Å². The Bertz CT molecular complexity index is 1760. The molecule has 0 spiro atoms. The number of aromatic nitrogens is 3. The Hall–Kier alpha value is -4.69. The third-order valence-corrected chi connectivity index (χ3v) is 6.11. The average molecular weight is 442 g/mol. The number of aromatic amines is 1. The van der Waals surface area contributed by atoms with Crippen LogP contribution in [-0.2, 0) is 6.54 Å². The second-order valence-electron chi connectivity index (χ2n) is 8.33. The predicted octanol–water partition coefficient (Wildman–Crippen LogP) is 6.92. The Balaban J connectivity index is 1.43. The van der Waals surface area contributed by atoms with Crippen molar-refractivity contribution in [2.75, 3.05) is 0 Å². The van der Waals surface area contributed by atoms with Crippen molar-refractivity contribution in [1.82, 2.24) is 14.5 Å². The first kappa shape index (κ1) is 20.0. The van der Waals surface area contributed by atoms with Gasteiger partial charge in [-0.05, 0) is 52.7 Å². The van der Waals surface area contributed by atoms with Gasteiger partial charge in [0.05, 0.1) is 16.6 Å².